The molecule has 0 spiro atoms. The van der Waals surface area contributed by atoms with Crippen molar-refractivity contribution in [3.63, 3.8) is 0 Å². The van der Waals surface area contributed by atoms with E-state index in [9.17, 15) is 4.79 Å². The third-order valence-electron chi connectivity index (χ3n) is 3.82. The normalized spacial score (nSPS) is 11.0. The van der Waals surface area contributed by atoms with Crippen LogP contribution in [0.1, 0.15) is 35.6 Å². The third kappa shape index (κ3) is 4.58. The predicted octanol–water partition coefficient (Wildman–Crippen LogP) is 2.56. The number of rotatable bonds is 7. The fourth-order valence-electron chi connectivity index (χ4n) is 2.55. The molecule has 2 rings (SSSR count). The molecular formula is C16H24ClN5O. The molecule has 0 saturated heterocycles. The Kier molecular flexibility index (Phi) is 5.82. The summed E-state index contributed by atoms with van der Waals surface area (Å²) in [6.45, 7) is 9.80. The van der Waals surface area contributed by atoms with E-state index >= 15 is 0 Å². The number of carbonyl (C=O) groups excluding carboxylic acids is 1. The first-order chi connectivity index (χ1) is 10.9. The molecule has 1 N–H and O–H groups in total. The van der Waals surface area contributed by atoms with Crippen molar-refractivity contribution in [3.05, 3.63) is 33.9 Å². The molecule has 2 aromatic rings. The van der Waals surface area contributed by atoms with E-state index in [1.807, 2.05) is 32.4 Å². The first-order valence-electron chi connectivity index (χ1n) is 7.85. The minimum Gasteiger partial charge on any atom is -0.356 e. The Morgan fingerprint density at radius 1 is 1.17 bits per heavy atom. The number of aryl methyl sites for hydroxylation is 5. The molecule has 6 nitrogen and oxygen atoms in total. The first kappa shape index (κ1) is 17.5. The molecule has 0 unspecified atom stereocenters. The van der Waals surface area contributed by atoms with Crippen molar-refractivity contribution < 1.29 is 4.79 Å². The van der Waals surface area contributed by atoms with E-state index in [2.05, 4.69) is 21.6 Å². The lowest BCUT2D eigenvalue weighted by Gasteiger charge is -2.07. The molecule has 0 saturated carbocycles. The summed E-state index contributed by atoms with van der Waals surface area (Å²) in [5, 5.41) is 12.3. The van der Waals surface area contributed by atoms with Crippen molar-refractivity contribution >= 4 is 17.5 Å². The molecule has 23 heavy (non-hydrogen) atoms. The van der Waals surface area contributed by atoms with Crippen LogP contribution >= 0.6 is 11.6 Å². The highest BCUT2D eigenvalue weighted by Crippen LogP contribution is 2.18. The molecule has 0 aliphatic heterocycles. The molecule has 126 valence electrons. The highest BCUT2D eigenvalue weighted by atomic mass is 35.5. The third-order valence-corrected chi connectivity index (χ3v) is 4.36. The van der Waals surface area contributed by atoms with E-state index in [0.29, 0.717) is 24.5 Å². The number of hydrogen-bond donors (Lipinski definition) is 1. The average molecular weight is 338 g/mol. The Morgan fingerprint density at radius 3 is 2.48 bits per heavy atom. The van der Waals surface area contributed by atoms with Crippen molar-refractivity contribution in [1.29, 1.82) is 0 Å². The van der Waals surface area contributed by atoms with Crippen LogP contribution < -0.4 is 5.32 Å². The highest BCUT2D eigenvalue weighted by Gasteiger charge is 2.10. The number of hydrogen-bond acceptors (Lipinski definition) is 3. The van der Waals surface area contributed by atoms with Crippen LogP contribution in [0.4, 0.5) is 0 Å². The van der Waals surface area contributed by atoms with Crippen LogP contribution in [0.3, 0.4) is 0 Å². The lowest BCUT2D eigenvalue weighted by molar-refractivity contribution is -0.121. The molecule has 0 radical (unpaired) electrons. The molecule has 0 fully saturated rings. The van der Waals surface area contributed by atoms with Gasteiger partial charge in [0.15, 0.2) is 0 Å². The minimum absolute atomic E-state index is 0.0297. The van der Waals surface area contributed by atoms with Crippen molar-refractivity contribution in [2.75, 3.05) is 6.54 Å². The summed E-state index contributed by atoms with van der Waals surface area (Å²) in [6.07, 6.45) is 1.26. The standard InChI is InChI=1S/C16H24ClN5O/c1-11-10-12(2)21(19-11)8-5-7-18-15(23)6-9-22-14(4)16(17)13(3)20-22/h10H,5-9H2,1-4H3,(H,18,23). The molecule has 0 bridgehead atoms. The van der Waals surface area contributed by atoms with Gasteiger partial charge in [-0.2, -0.15) is 10.2 Å². The topological polar surface area (TPSA) is 64.7 Å². The van der Waals surface area contributed by atoms with Crippen LogP contribution in [-0.2, 0) is 17.9 Å². The molecule has 7 heteroatoms. The molecule has 2 aromatic heterocycles. The van der Waals surface area contributed by atoms with Gasteiger partial charge in [0.05, 0.1) is 28.6 Å². The van der Waals surface area contributed by atoms with Gasteiger partial charge in [-0.05, 0) is 40.2 Å². The zero-order chi connectivity index (χ0) is 17.0. The number of nitrogens with one attached hydrogen (secondary N) is 1. The van der Waals surface area contributed by atoms with E-state index in [1.165, 1.54) is 0 Å². The van der Waals surface area contributed by atoms with E-state index in [1.54, 1.807) is 4.68 Å². The number of halogens is 1. The maximum absolute atomic E-state index is 11.9. The van der Waals surface area contributed by atoms with Crippen molar-refractivity contribution in [3.8, 4) is 0 Å². The van der Waals surface area contributed by atoms with Gasteiger partial charge in [0, 0.05) is 25.2 Å². The van der Waals surface area contributed by atoms with Gasteiger partial charge < -0.3 is 5.32 Å². The highest BCUT2D eigenvalue weighted by molar-refractivity contribution is 6.31. The molecule has 1 amide bonds. The second-order valence-electron chi connectivity index (χ2n) is 5.81. The van der Waals surface area contributed by atoms with Crippen molar-refractivity contribution in [2.24, 2.45) is 0 Å². The van der Waals surface area contributed by atoms with Crippen molar-refractivity contribution in [2.45, 2.75) is 53.6 Å². The van der Waals surface area contributed by atoms with Crippen molar-refractivity contribution in [1.82, 2.24) is 24.9 Å². The summed E-state index contributed by atoms with van der Waals surface area (Å²) in [6, 6.07) is 2.05. The van der Waals surface area contributed by atoms with Gasteiger partial charge in [-0.25, -0.2) is 0 Å². The number of carbonyl (C=O) groups is 1. The van der Waals surface area contributed by atoms with Gasteiger partial charge in [0.2, 0.25) is 5.91 Å². The predicted molar refractivity (Wildman–Crippen MR) is 90.7 cm³/mol. The first-order valence-corrected chi connectivity index (χ1v) is 8.23. The van der Waals surface area contributed by atoms with Crippen LogP contribution in [-0.4, -0.2) is 32.0 Å². The summed E-state index contributed by atoms with van der Waals surface area (Å²) < 4.78 is 3.76. The quantitative estimate of drug-likeness (QED) is 0.790. The largest absolute Gasteiger partial charge is 0.356 e. The van der Waals surface area contributed by atoms with Gasteiger partial charge in [-0.15, -0.1) is 0 Å². The lowest BCUT2D eigenvalue weighted by atomic mass is 10.3. The fraction of sp³-hybridized carbons (Fsp3) is 0.562. The average Bonchev–Trinajstić information content (AvgIpc) is 2.95. The number of aromatic nitrogens is 4. The van der Waals surface area contributed by atoms with Gasteiger partial charge in [-0.3, -0.25) is 14.2 Å². The molecule has 2 heterocycles. The zero-order valence-corrected chi connectivity index (χ0v) is 14.9. The number of nitrogens with zero attached hydrogens (tertiary/aromatic N) is 4. The maximum atomic E-state index is 11.9. The second kappa shape index (κ2) is 7.64. The smallest absolute Gasteiger partial charge is 0.221 e. The molecular weight excluding hydrogens is 314 g/mol. The van der Waals surface area contributed by atoms with E-state index in [-0.39, 0.29) is 5.91 Å². The van der Waals surface area contributed by atoms with Gasteiger partial charge in [0.1, 0.15) is 0 Å². The van der Waals surface area contributed by atoms with E-state index in [4.69, 9.17) is 11.6 Å². The molecule has 0 atom stereocenters. The van der Waals surface area contributed by atoms with Gasteiger partial charge in [0.25, 0.3) is 0 Å². The summed E-state index contributed by atoms with van der Waals surface area (Å²) >= 11 is 6.10. The fourth-order valence-corrected chi connectivity index (χ4v) is 2.68. The summed E-state index contributed by atoms with van der Waals surface area (Å²) in [5.41, 5.74) is 3.88. The van der Waals surface area contributed by atoms with E-state index in [0.717, 1.165) is 35.7 Å². The maximum Gasteiger partial charge on any atom is 0.221 e. The second-order valence-corrected chi connectivity index (χ2v) is 6.19. The van der Waals surface area contributed by atoms with Crippen LogP contribution in [0.5, 0.6) is 0 Å². The number of amides is 1. The minimum atomic E-state index is 0.0297. The lowest BCUT2D eigenvalue weighted by Crippen LogP contribution is -2.26. The molecule has 0 aliphatic carbocycles. The van der Waals surface area contributed by atoms with Crippen LogP contribution in [0.25, 0.3) is 0 Å². The monoisotopic (exact) mass is 337 g/mol. The van der Waals surface area contributed by atoms with Crippen LogP contribution in [0.2, 0.25) is 5.02 Å². The Balaban J connectivity index is 1.69. The summed E-state index contributed by atoms with van der Waals surface area (Å²) in [5.74, 6) is 0.0297. The molecule has 0 aromatic carbocycles. The van der Waals surface area contributed by atoms with Crippen LogP contribution in [0, 0.1) is 27.7 Å². The summed E-state index contributed by atoms with van der Waals surface area (Å²) in [7, 11) is 0. The Bertz CT molecular complexity index is 689. The summed E-state index contributed by atoms with van der Waals surface area (Å²) in [4.78, 5) is 11.9. The zero-order valence-electron chi connectivity index (χ0n) is 14.2. The Hall–Kier alpha value is -1.82. The Labute approximate surface area is 141 Å². The van der Waals surface area contributed by atoms with Gasteiger partial charge >= 0.3 is 0 Å². The molecule has 0 aliphatic rings. The van der Waals surface area contributed by atoms with E-state index < -0.39 is 0 Å². The van der Waals surface area contributed by atoms with Gasteiger partial charge in [-0.1, -0.05) is 11.6 Å². The Morgan fingerprint density at radius 2 is 1.91 bits per heavy atom. The van der Waals surface area contributed by atoms with Crippen LogP contribution in [0.15, 0.2) is 6.07 Å². The SMILES string of the molecule is Cc1cc(C)n(CCCNC(=O)CCn2nc(C)c(Cl)c2C)n1.